The number of nitrogens with zero attached hydrogens (tertiary/aromatic N) is 4. The first-order valence-corrected chi connectivity index (χ1v) is 8.68. The number of ether oxygens (including phenoxy) is 1. The van der Waals surface area contributed by atoms with E-state index in [1.165, 1.54) is 19.2 Å². The van der Waals surface area contributed by atoms with Crippen molar-refractivity contribution in [2.75, 3.05) is 12.5 Å². The molecule has 2 heterocycles. The Balaban J connectivity index is 1.86. The van der Waals surface area contributed by atoms with Crippen LogP contribution in [-0.2, 0) is 4.74 Å². The van der Waals surface area contributed by atoms with E-state index in [2.05, 4.69) is 15.5 Å². The molecular weight excluding hydrogens is 374 g/mol. The number of anilines is 1. The van der Waals surface area contributed by atoms with Gasteiger partial charge in [-0.2, -0.15) is 5.10 Å². The van der Waals surface area contributed by atoms with Crippen LogP contribution < -0.4 is 5.43 Å². The normalized spacial score (nSPS) is 10.9. The van der Waals surface area contributed by atoms with E-state index in [1.807, 2.05) is 36.6 Å². The number of benzene rings is 1. The molecule has 0 atom stereocenters. The molecule has 0 spiro atoms. The average molecular weight is 393 g/mol. The summed E-state index contributed by atoms with van der Waals surface area (Å²) >= 11 is 0. The highest BCUT2D eigenvalue weighted by Crippen LogP contribution is 2.23. The Bertz CT molecular complexity index is 1090. The monoisotopic (exact) mass is 393 g/mol. The van der Waals surface area contributed by atoms with Gasteiger partial charge in [-0.25, -0.2) is 9.78 Å². The summed E-state index contributed by atoms with van der Waals surface area (Å²) in [6, 6.07) is 12.0. The van der Waals surface area contributed by atoms with E-state index >= 15 is 0 Å². The molecule has 0 bridgehead atoms. The van der Waals surface area contributed by atoms with Crippen LogP contribution in [0.3, 0.4) is 0 Å². The number of esters is 1. The Labute approximate surface area is 166 Å². The molecule has 2 aromatic heterocycles. The van der Waals surface area contributed by atoms with Crippen LogP contribution in [0.2, 0.25) is 0 Å². The molecule has 0 aliphatic rings. The van der Waals surface area contributed by atoms with Gasteiger partial charge in [0.15, 0.2) is 0 Å². The molecule has 1 aromatic carbocycles. The van der Waals surface area contributed by atoms with Gasteiger partial charge in [0.05, 0.1) is 29.5 Å². The molecule has 0 saturated heterocycles. The number of hydrogen-bond donors (Lipinski definition) is 1. The van der Waals surface area contributed by atoms with Gasteiger partial charge in [0.25, 0.3) is 5.69 Å². The van der Waals surface area contributed by atoms with Crippen molar-refractivity contribution >= 4 is 23.7 Å². The van der Waals surface area contributed by atoms with Crippen molar-refractivity contribution < 1.29 is 14.5 Å². The smallest absolute Gasteiger partial charge is 0.339 e. The minimum atomic E-state index is -0.513. The molecule has 148 valence electrons. The lowest BCUT2D eigenvalue weighted by atomic mass is 10.1. The van der Waals surface area contributed by atoms with Crippen molar-refractivity contribution in [1.82, 2.24) is 9.55 Å². The molecule has 3 aromatic rings. The molecule has 29 heavy (non-hydrogen) atoms. The van der Waals surface area contributed by atoms with Crippen molar-refractivity contribution in [3.05, 3.63) is 81.3 Å². The zero-order valence-electron chi connectivity index (χ0n) is 16.1. The lowest BCUT2D eigenvalue weighted by Crippen LogP contribution is -2.09. The van der Waals surface area contributed by atoms with E-state index in [4.69, 9.17) is 4.74 Å². The number of pyridine rings is 1. The predicted molar refractivity (Wildman–Crippen MR) is 109 cm³/mol. The second-order valence-electron chi connectivity index (χ2n) is 6.20. The molecule has 9 heteroatoms. The number of hydrazone groups is 1. The summed E-state index contributed by atoms with van der Waals surface area (Å²) < 4.78 is 6.84. The minimum absolute atomic E-state index is 0.0904. The Morgan fingerprint density at radius 1 is 1.28 bits per heavy atom. The number of carbonyl (C=O) groups excluding carboxylic acids is 1. The predicted octanol–water partition coefficient (Wildman–Crippen LogP) is 3.63. The van der Waals surface area contributed by atoms with Crippen molar-refractivity contribution in [3.8, 4) is 5.69 Å². The Morgan fingerprint density at radius 3 is 2.69 bits per heavy atom. The van der Waals surface area contributed by atoms with Crippen molar-refractivity contribution in [3.63, 3.8) is 0 Å². The van der Waals surface area contributed by atoms with E-state index in [0.717, 1.165) is 28.8 Å². The number of para-hydroxylation sites is 1. The van der Waals surface area contributed by atoms with Crippen LogP contribution >= 0.6 is 0 Å². The number of hydrogen-bond acceptors (Lipinski definition) is 7. The summed E-state index contributed by atoms with van der Waals surface area (Å²) in [6.07, 6.45) is 2.79. The number of methoxy groups -OCH3 is 1. The summed E-state index contributed by atoms with van der Waals surface area (Å²) in [4.78, 5) is 26.2. The molecule has 0 aliphatic carbocycles. The van der Waals surface area contributed by atoms with Gasteiger partial charge in [-0.15, -0.1) is 0 Å². The molecule has 3 rings (SSSR count). The number of nitro groups is 1. The molecule has 0 unspecified atom stereocenters. The lowest BCUT2D eigenvalue weighted by molar-refractivity contribution is -0.385. The van der Waals surface area contributed by atoms with Gasteiger partial charge in [-0.3, -0.25) is 15.5 Å². The number of rotatable bonds is 6. The van der Waals surface area contributed by atoms with Crippen LogP contribution in [0.5, 0.6) is 0 Å². The summed E-state index contributed by atoms with van der Waals surface area (Å²) in [5.74, 6) is -0.0223. The summed E-state index contributed by atoms with van der Waals surface area (Å²) in [5, 5.41) is 14.8. The van der Waals surface area contributed by atoms with Gasteiger partial charge in [0, 0.05) is 23.0 Å². The third-order valence-corrected chi connectivity index (χ3v) is 4.36. The maximum absolute atomic E-state index is 12.1. The van der Waals surface area contributed by atoms with E-state index in [0.29, 0.717) is 11.4 Å². The van der Waals surface area contributed by atoms with E-state index in [9.17, 15) is 14.9 Å². The van der Waals surface area contributed by atoms with Gasteiger partial charge in [0.2, 0.25) is 0 Å². The quantitative estimate of drug-likeness (QED) is 0.296. The first-order valence-electron chi connectivity index (χ1n) is 8.68. The number of carbonyl (C=O) groups is 1. The van der Waals surface area contributed by atoms with Crippen molar-refractivity contribution in [2.45, 2.75) is 13.8 Å². The summed E-state index contributed by atoms with van der Waals surface area (Å²) in [5.41, 5.74) is 6.50. The standard InChI is InChI=1S/C20H19N5O4/c1-13-10-15(11-22-23-19-9-8-16(12-21-19)25(27)28)14(2)24(13)18-7-5-4-6-17(18)20(26)29-3/h4-12H,1-3H3,(H,21,23)/b22-11+. The lowest BCUT2D eigenvalue weighted by Gasteiger charge is -2.13. The summed E-state index contributed by atoms with van der Waals surface area (Å²) in [6.45, 7) is 3.86. The Hall–Kier alpha value is -4.01. The molecular formula is C20H19N5O4. The third-order valence-electron chi connectivity index (χ3n) is 4.36. The summed E-state index contributed by atoms with van der Waals surface area (Å²) in [7, 11) is 1.35. The minimum Gasteiger partial charge on any atom is -0.465 e. The average Bonchev–Trinajstić information content (AvgIpc) is 3.01. The fraction of sp³-hybridized carbons (Fsp3) is 0.150. The fourth-order valence-corrected chi connectivity index (χ4v) is 2.97. The van der Waals surface area contributed by atoms with Gasteiger partial charge < -0.3 is 9.30 Å². The first-order chi connectivity index (χ1) is 13.9. The highest BCUT2D eigenvalue weighted by atomic mass is 16.6. The topological polar surface area (TPSA) is 112 Å². The fourth-order valence-electron chi connectivity index (χ4n) is 2.97. The van der Waals surface area contributed by atoms with Crippen LogP contribution in [0.25, 0.3) is 5.69 Å². The van der Waals surface area contributed by atoms with Crippen LogP contribution in [-0.4, -0.2) is 33.8 Å². The largest absolute Gasteiger partial charge is 0.465 e. The van der Waals surface area contributed by atoms with Crippen molar-refractivity contribution in [2.24, 2.45) is 5.10 Å². The molecule has 0 radical (unpaired) electrons. The van der Waals surface area contributed by atoms with Crippen molar-refractivity contribution in [1.29, 1.82) is 0 Å². The molecule has 9 nitrogen and oxygen atoms in total. The number of nitrogens with one attached hydrogen (secondary N) is 1. The maximum Gasteiger partial charge on any atom is 0.339 e. The van der Waals surface area contributed by atoms with Crippen LogP contribution in [0, 0.1) is 24.0 Å². The van der Waals surface area contributed by atoms with Crippen LogP contribution in [0.4, 0.5) is 11.5 Å². The highest BCUT2D eigenvalue weighted by molar-refractivity contribution is 5.94. The van der Waals surface area contributed by atoms with E-state index in [-0.39, 0.29) is 5.69 Å². The second kappa shape index (κ2) is 8.34. The molecule has 0 saturated carbocycles. The van der Waals surface area contributed by atoms with Gasteiger partial charge >= 0.3 is 5.97 Å². The van der Waals surface area contributed by atoms with Crippen LogP contribution in [0.15, 0.2) is 53.8 Å². The van der Waals surface area contributed by atoms with E-state index in [1.54, 1.807) is 18.3 Å². The third kappa shape index (κ3) is 4.13. The molecule has 0 aliphatic heterocycles. The zero-order valence-corrected chi connectivity index (χ0v) is 16.1. The number of aromatic nitrogens is 2. The van der Waals surface area contributed by atoms with E-state index < -0.39 is 10.9 Å². The molecule has 0 fully saturated rings. The second-order valence-corrected chi connectivity index (χ2v) is 6.20. The SMILES string of the molecule is COC(=O)c1ccccc1-n1c(C)cc(/C=N/Nc2ccc([N+](=O)[O-])cn2)c1C. The number of aryl methyl sites for hydroxylation is 1. The molecule has 0 amide bonds. The van der Waals surface area contributed by atoms with Gasteiger partial charge in [0.1, 0.15) is 12.0 Å². The zero-order chi connectivity index (χ0) is 21.0. The molecule has 1 N–H and O–H groups in total. The Kier molecular flexibility index (Phi) is 5.68. The van der Waals surface area contributed by atoms with Gasteiger partial charge in [-0.05, 0) is 38.1 Å². The Morgan fingerprint density at radius 2 is 2.03 bits per heavy atom. The first kappa shape index (κ1) is 19.7. The maximum atomic E-state index is 12.1. The van der Waals surface area contributed by atoms with Crippen LogP contribution in [0.1, 0.15) is 27.3 Å². The highest BCUT2D eigenvalue weighted by Gasteiger charge is 2.16. The van der Waals surface area contributed by atoms with Gasteiger partial charge in [-0.1, -0.05) is 12.1 Å².